The van der Waals surface area contributed by atoms with Crippen molar-refractivity contribution in [1.29, 1.82) is 0 Å². The molecule has 0 amide bonds. The van der Waals surface area contributed by atoms with Crippen LogP contribution in [0.2, 0.25) is 0 Å². The summed E-state index contributed by atoms with van der Waals surface area (Å²) in [4.78, 5) is 0. The Hall–Kier alpha value is -0.0800. The SMILES string of the molecule is [CH2]CCCCOCCOC[CH2]. The lowest BCUT2D eigenvalue weighted by Crippen LogP contribution is -2.04. The smallest absolute Gasteiger partial charge is 0.0700 e. The summed E-state index contributed by atoms with van der Waals surface area (Å²) < 4.78 is 10.2. The zero-order chi connectivity index (χ0) is 8.36. The Labute approximate surface area is 69.9 Å². The van der Waals surface area contributed by atoms with Gasteiger partial charge < -0.3 is 9.47 Å². The van der Waals surface area contributed by atoms with E-state index in [9.17, 15) is 0 Å². The molecule has 0 bridgehead atoms. The van der Waals surface area contributed by atoms with Crippen molar-refractivity contribution in [3.63, 3.8) is 0 Å². The molecule has 0 N–H and O–H groups in total. The van der Waals surface area contributed by atoms with Gasteiger partial charge in [-0.25, -0.2) is 0 Å². The van der Waals surface area contributed by atoms with Gasteiger partial charge in [-0.1, -0.05) is 19.8 Å². The van der Waals surface area contributed by atoms with Gasteiger partial charge >= 0.3 is 0 Å². The molecule has 0 saturated carbocycles. The summed E-state index contributed by atoms with van der Waals surface area (Å²) in [5.74, 6) is 0. The second-order valence-electron chi connectivity index (χ2n) is 2.29. The maximum atomic E-state index is 5.26. The van der Waals surface area contributed by atoms with Crippen LogP contribution in [0.15, 0.2) is 0 Å². The van der Waals surface area contributed by atoms with E-state index in [0.29, 0.717) is 19.8 Å². The van der Waals surface area contributed by atoms with Gasteiger partial charge in [0, 0.05) is 13.2 Å². The third-order valence-electron chi connectivity index (χ3n) is 1.31. The standard InChI is InChI=1S/C9H18O2/c1-3-5-6-7-11-9-8-10-4-2/h1-9H2. The molecule has 0 aromatic heterocycles. The van der Waals surface area contributed by atoms with E-state index in [0.717, 1.165) is 25.9 Å². The molecule has 0 aromatic rings. The average Bonchev–Trinajstić information content (AvgIpc) is 2.03. The molecule has 11 heavy (non-hydrogen) atoms. The van der Waals surface area contributed by atoms with Gasteiger partial charge in [-0.15, -0.1) is 0 Å². The summed E-state index contributed by atoms with van der Waals surface area (Å²) in [5, 5.41) is 0. The highest BCUT2D eigenvalue weighted by Gasteiger charge is 1.87. The predicted molar refractivity (Wildman–Crippen MR) is 46.2 cm³/mol. The lowest BCUT2D eigenvalue weighted by Gasteiger charge is -2.02. The summed E-state index contributed by atoms with van der Waals surface area (Å²) in [6, 6.07) is 0. The fourth-order valence-corrected chi connectivity index (χ4v) is 0.703. The van der Waals surface area contributed by atoms with Crippen LogP contribution in [-0.2, 0) is 9.47 Å². The highest BCUT2D eigenvalue weighted by molar-refractivity contribution is 4.41. The maximum absolute atomic E-state index is 5.26. The van der Waals surface area contributed by atoms with Gasteiger partial charge in [0.1, 0.15) is 0 Å². The predicted octanol–water partition coefficient (Wildman–Crippen LogP) is 1.86. The zero-order valence-electron chi connectivity index (χ0n) is 7.18. The van der Waals surface area contributed by atoms with Crippen molar-refractivity contribution in [1.82, 2.24) is 0 Å². The topological polar surface area (TPSA) is 18.5 Å². The van der Waals surface area contributed by atoms with E-state index in [1.54, 1.807) is 0 Å². The Bertz CT molecular complexity index is 56.6. The Morgan fingerprint density at radius 1 is 0.818 bits per heavy atom. The van der Waals surface area contributed by atoms with E-state index in [4.69, 9.17) is 9.47 Å². The minimum Gasteiger partial charge on any atom is -0.379 e. The number of rotatable bonds is 8. The Morgan fingerprint density at radius 3 is 2.18 bits per heavy atom. The van der Waals surface area contributed by atoms with Gasteiger partial charge in [0.05, 0.1) is 13.2 Å². The number of hydrogen-bond acceptors (Lipinski definition) is 2. The first-order valence-corrected chi connectivity index (χ1v) is 4.15. The molecule has 0 aliphatic carbocycles. The third kappa shape index (κ3) is 9.92. The summed E-state index contributed by atoms with van der Waals surface area (Å²) in [7, 11) is 0. The van der Waals surface area contributed by atoms with Crippen molar-refractivity contribution in [3.05, 3.63) is 13.8 Å². The molecule has 2 nitrogen and oxygen atoms in total. The molecule has 0 rings (SSSR count). The molecular formula is C9H18O2. The monoisotopic (exact) mass is 158 g/mol. The van der Waals surface area contributed by atoms with E-state index in [1.165, 1.54) is 0 Å². The Balaban J connectivity index is 2.69. The lowest BCUT2D eigenvalue weighted by molar-refractivity contribution is 0.0564. The minimum atomic E-state index is 0.530. The molecule has 0 spiro atoms. The van der Waals surface area contributed by atoms with Gasteiger partial charge in [0.2, 0.25) is 0 Å². The number of hydrogen-bond donors (Lipinski definition) is 0. The van der Waals surface area contributed by atoms with Crippen molar-refractivity contribution >= 4 is 0 Å². The van der Waals surface area contributed by atoms with E-state index in [2.05, 4.69) is 13.8 Å². The highest BCUT2D eigenvalue weighted by Crippen LogP contribution is 1.93. The van der Waals surface area contributed by atoms with Crippen LogP contribution in [-0.4, -0.2) is 26.4 Å². The zero-order valence-corrected chi connectivity index (χ0v) is 7.18. The molecule has 0 aromatic carbocycles. The lowest BCUT2D eigenvalue weighted by atomic mass is 10.3. The molecular weight excluding hydrogens is 140 g/mol. The van der Waals surface area contributed by atoms with Crippen LogP contribution >= 0.6 is 0 Å². The molecule has 0 unspecified atom stereocenters. The van der Waals surface area contributed by atoms with Crippen LogP contribution < -0.4 is 0 Å². The average molecular weight is 158 g/mol. The maximum Gasteiger partial charge on any atom is 0.0700 e. The number of unbranched alkanes of at least 4 members (excludes halogenated alkanes) is 2. The Kier molecular flexibility index (Phi) is 9.85. The second-order valence-corrected chi connectivity index (χ2v) is 2.29. The molecule has 0 aliphatic heterocycles. The third-order valence-corrected chi connectivity index (χ3v) is 1.31. The molecule has 0 heterocycles. The molecule has 2 radical (unpaired) electrons. The largest absolute Gasteiger partial charge is 0.379 e. The van der Waals surface area contributed by atoms with Crippen LogP contribution in [0.5, 0.6) is 0 Å². The van der Waals surface area contributed by atoms with E-state index in [1.807, 2.05) is 0 Å². The highest BCUT2D eigenvalue weighted by atomic mass is 16.5. The summed E-state index contributed by atoms with van der Waals surface area (Å²) in [6.45, 7) is 10.00. The van der Waals surface area contributed by atoms with Crippen molar-refractivity contribution in [2.75, 3.05) is 26.4 Å². The van der Waals surface area contributed by atoms with Crippen LogP contribution in [0.25, 0.3) is 0 Å². The normalized spacial score (nSPS) is 10.4. The van der Waals surface area contributed by atoms with E-state index < -0.39 is 0 Å². The van der Waals surface area contributed by atoms with Gasteiger partial charge in [-0.05, 0) is 13.3 Å². The molecule has 2 heteroatoms. The second kappa shape index (κ2) is 9.92. The van der Waals surface area contributed by atoms with Crippen LogP contribution in [0.4, 0.5) is 0 Å². The van der Waals surface area contributed by atoms with E-state index >= 15 is 0 Å². The molecule has 0 aliphatic rings. The summed E-state index contributed by atoms with van der Waals surface area (Å²) >= 11 is 0. The molecule has 0 saturated heterocycles. The van der Waals surface area contributed by atoms with Gasteiger partial charge in [-0.2, -0.15) is 0 Å². The number of ether oxygens (including phenoxy) is 2. The fourth-order valence-electron chi connectivity index (χ4n) is 0.703. The first-order valence-electron chi connectivity index (χ1n) is 4.15. The fraction of sp³-hybridized carbons (Fsp3) is 0.778. The van der Waals surface area contributed by atoms with Crippen molar-refractivity contribution in [3.8, 4) is 0 Å². The van der Waals surface area contributed by atoms with Gasteiger partial charge in [-0.3, -0.25) is 0 Å². The van der Waals surface area contributed by atoms with Crippen LogP contribution in [0.1, 0.15) is 19.3 Å². The first-order chi connectivity index (χ1) is 5.41. The van der Waals surface area contributed by atoms with Crippen molar-refractivity contribution in [2.24, 2.45) is 0 Å². The molecule has 66 valence electrons. The summed E-state index contributed by atoms with van der Waals surface area (Å²) in [5.41, 5.74) is 0. The summed E-state index contributed by atoms with van der Waals surface area (Å²) in [6.07, 6.45) is 3.25. The Morgan fingerprint density at radius 2 is 1.55 bits per heavy atom. The molecule has 0 atom stereocenters. The van der Waals surface area contributed by atoms with Gasteiger partial charge in [0.15, 0.2) is 0 Å². The van der Waals surface area contributed by atoms with Crippen molar-refractivity contribution in [2.45, 2.75) is 19.3 Å². The van der Waals surface area contributed by atoms with Crippen molar-refractivity contribution < 1.29 is 9.47 Å². The van der Waals surface area contributed by atoms with Crippen LogP contribution in [0.3, 0.4) is 0 Å². The quantitative estimate of drug-likeness (QED) is 0.502. The van der Waals surface area contributed by atoms with Crippen LogP contribution in [0, 0.1) is 13.8 Å². The first kappa shape index (κ1) is 10.9. The molecule has 0 fully saturated rings. The minimum absolute atomic E-state index is 0.530. The van der Waals surface area contributed by atoms with E-state index in [-0.39, 0.29) is 0 Å². The van der Waals surface area contributed by atoms with Gasteiger partial charge in [0.25, 0.3) is 0 Å².